The molecule has 0 aliphatic rings. The van der Waals surface area contributed by atoms with Crippen molar-refractivity contribution in [1.82, 2.24) is 9.78 Å². The Morgan fingerprint density at radius 1 is 1.69 bits per heavy atom. The summed E-state index contributed by atoms with van der Waals surface area (Å²) in [6.45, 7) is 3.83. The van der Waals surface area contributed by atoms with Crippen LogP contribution in [0.25, 0.3) is 0 Å². The minimum Gasteiger partial charge on any atom is -0.479 e. The number of hydrogen-bond donors (Lipinski definition) is 1. The molecule has 5 nitrogen and oxygen atoms in total. The van der Waals surface area contributed by atoms with E-state index in [9.17, 15) is 4.79 Å². The number of hydrogen-bond acceptors (Lipinski definition) is 3. The number of carboxylic acid groups (broad SMARTS) is 1. The van der Waals surface area contributed by atoms with Crippen molar-refractivity contribution < 1.29 is 14.6 Å². The molecule has 0 saturated carbocycles. The zero-order valence-corrected chi connectivity index (χ0v) is 7.81. The van der Waals surface area contributed by atoms with Crippen molar-refractivity contribution in [3.05, 3.63) is 11.8 Å². The molecule has 0 saturated heterocycles. The lowest BCUT2D eigenvalue weighted by Gasteiger charge is -2.02. The van der Waals surface area contributed by atoms with Crippen LogP contribution < -0.4 is 4.74 Å². The number of carboxylic acids is 1. The van der Waals surface area contributed by atoms with Crippen LogP contribution in [0.3, 0.4) is 0 Å². The fourth-order valence-corrected chi connectivity index (χ4v) is 0.937. The number of rotatable bonds is 3. The Balaban J connectivity index is 3.11. The lowest BCUT2D eigenvalue weighted by Crippen LogP contribution is -2.00. The van der Waals surface area contributed by atoms with E-state index in [1.54, 1.807) is 4.68 Å². The third kappa shape index (κ3) is 1.80. The van der Waals surface area contributed by atoms with E-state index in [0.29, 0.717) is 0 Å². The summed E-state index contributed by atoms with van der Waals surface area (Å²) >= 11 is 0. The first-order chi connectivity index (χ1) is 6.06. The standard InChI is InChI=1S/C8H12N2O3/c1-5(2)10-4-6(8(11)12)7(9-10)13-3/h4-5H,1-3H3,(H,11,12). The van der Waals surface area contributed by atoms with Gasteiger partial charge in [0, 0.05) is 12.2 Å². The molecule has 5 heteroatoms. The van der Waals surface area contributed by atoms with Gasteiger partial charge in [0.05, 0.1) is 7.11 Å². The molecule has 0 aliphatic heterocycles. The molecular weight excluding hydrogens is 172 g/mol. The number of ether oxygens (including phenoxy) is 1. The van der Waals surface area contributed by atoms with Crippen molar-refractivity contribution in [2.75, 3.05) is 7.11 Å². The molecule has 1 rings (SSSR count). The van der Waals surface area contributed by atoms with Crippen LogP contribution in [-0.4, -0.2) is 28.0 Å². The van der Waals surface area contributed by atoms with Crippen LogP contribution in [0.2, 0.25) is 0 Å². The van der Waals surface area contributed by atoms with E-state index in [4.69, 9.17) is 9.84 Å². The van der Waals surface area contributed by atoms with Crippen molar-refractivity contribution in [1.29, 1.82) is 0 Å². The van der Waals surface area contributed by atoms with E-state index in [-0.39, 0.29) is 17.5 Å². The summed E-state index contributed by atoms with van der Waals surface area (Å²) < 4.78 is 6.38. The van der Waals surface area contributed by atoms with E-state index in [1.165, 1.54) is 13.3 Å². The second-order valence-electron chi connectivity index (χ2n) is 2.93. The maximum Gasteiger partial charge on any atom is 0.342 e. The van der Waals surface area contributed by atoms with Crippen LogP contribution in [0.15, 0.2) is 6.20 Å². The lowest BCUT2D eigenvalue weighted by molar-refractivity contribution is 0.0693. The SMILES string of the molecule is COc1nn(C(C)C)cc1C(=O)O. The van der Waals surface area contributed by atoms with Crippen molar-refractivity contribution >= 4 is 5.97 Å². The van der Waals surface area contributed by atoms with Gasteiger partial charge in [-0.3, -0.25) is 4.68 Å². The molecule has 1 aromatic rings. The van der Waals surface area contributed by atoms with Crippen molar-refractivity contribution in [3.8, 4) is 5.88 Å². The molecule has 13 heavy (non-hydrogen) atoms. The van der Waals surface area contributed by atoms with Crippen LogP contribution in [0.5, 0.6) is 5.88 Å². The fourth-order valence-electron chi connectivity index (χ4n) is 0.937. The first-order valence-corrected chi connectivity index (χ1v) is 3.92. The average molecular weight is 184 g/mol. The molecule has 0 radical (unpaired) electrons. The van der Waals surface area contributed by atoms with Gasteiger partial charge in [-0.05, 0) is 13.8 Å². The molecule has 0 bridgehead atoms. The molecule has 1 N–H and O–H groups in total. The maximum absolute atomic E-state index is 10.7. The van der Waals surface area contributed by atoms with Gasteiger partial charge >= 0.3 is 5.97 Å². The first-order valence-electron chi connectivity index (χ1n) is 3.92. The van der Waals surface area contributed by atoms with Gasteiger partial charge < -0.3 is 9.84 Å². The fraction of sp³-hybridized carbons (Fsp3) is 0.500. The van der Waals surface area contributed by atoms with Gasteiger partial charge in [0.15, 0.2) is 0 Å². The highest BCUT2D eigenvalue weighted by atomic mass is 16.5. The molecular formula is C8H12N2O3. The number of aromatic carboxylic acids is 1. The van der Waals surface area contributed by atoms with Gasteiger partial charge in [-0.25, -0.2) is 4.79 Å². The van der Waals surface area contributed by atoms with Gasteiger partial charge in [0.25, 0.3) is 0 Å². The van der Waals surface area contributed by atoms with E-state index < -0.39 is 5.97 Å². The van der Waals surface area contributed by atoms with Crippen LogP contribution in [0.4, 0.5) is 0 Å². The van der Waals surface area contributed by atoms with E-state index in [2.05, 4.69) is 5.10 Å². The van der Waals surface area contributed by atoms with Gasteiger partial charge in [-0.1, -0.05) is 0 Å². The molecule has 72 valence electrons. The Morgan fingerprint density at radius 2 is 2.31 bits per heavy atom. The summed E-state index contributed by atoms with van der Waals surface area (Å²) in [6.07, 6.45) is 1.46. The Hall–Kier alpha value is -1.52. The highest BCUT2D eigenvalue weighted by molar-refractivity contribution is 5.89. The minimum absolute atomic E-state index is 0.0937. The van der Waals surface area contributed by atoms with Gasteiger partial charge in [-0.15, -0.1) is 5.10 Å². The molecule has 1 aromatic heterocycles. The maximum atomic E-state index is 10.7. The molecule has 0 spiro atoms. The normalized spacial score (nSPS) is 10.5. The number of nitrogens with zero attached hydrogens (tertiary/aromatic N) is 2. The molecule has 1 heterocycles. The molecule has 0 amide bonds. The summed E-state index contributed by atoms with van der Waals surface area (Å²) in [5.41, 5.74) is 0.0937. The monoisotopic (exact) mass is 184 g/mol. The quantitative estimate of drug-likeness (QED) is 0.765. The summed E-state index contributed by atoms with van der Waals surface area (Å²) in [6, 6.07) is 0.127. The topological polar surface area (TPSA) is 64.4 Å². The second-order valence-corrected chi connectivity index (χ2v) is 2.93. The molecule has 0 aliphatic carbocycles. The number of carbonyl (C=O) groups is 1. The minimum atomic E-state index is -1.02. The Bertz CT molecular complexity index is 317. The van der Waals surface area contributed by atoms with Crippen molar-refractivity contribution in [3.63, 3.8) is 0 Å². The number of aromatic nitrogens is 2. The second kappa shape index (κ2) is 3.47. The average Bonchev–Trinajstić information content (AvgIpc) is 2.47. The lowest BCUT2D eigenvalue weighted by atomic mass is 10.3. The Morgan fingerprint density at radius 3 is 2.62 bits per heavy atom. The first kappa shape index (κ1) is 9.57. The highest BCUT2D eigenvalue weighted by Crippen LogP contribution is 2.17. The smallest absolute Gasteiger partial charge is 0.342 e. The summed E-state index contributed by atoms with van der Waals surface area (Å²) in [5.74, 6) is -0.870. The highest BCUT2D eigenvalue weighted by Gasteiger charge is 2.16. The summed E-state index contributed by atoms with van der Waals surface area (Å²) in [7, 11) is 1.40. The molecule has 0 fully saturated rings. The van der Waals surface area contributed by atoms with Gasteiger partial charge in [0.2, 0.25) is 5.88 Å². The predicted molar refractivity (Wildman–Crippen MR) is 46.1 cm³/mol. The van der Waals surface area contributed by atoms with E-state index in [0.717, 1.165) is 0 Å². The van der Waals surface area contributed by atoms with Crippen LogP contribution >= 0.6 is 0 Å². The Kier molecular flexibility index (Phi) is 2.55. The zero-order valence-electron chi connectivity index (χ0n) is 7.81. The third-order valence-electron chi connectivity index (χ3n) is 1.65. The zero-order chi connectivity index (χ0) is 10.0. The predicted octanol–water partition coefficient (Wildman–Crippen LogP) is 1.17. The summed E-state index contributed by atoms with van der Waals surface area (Å²) in [4.78, 5) is 10.7. The van der Waals surface area contributed by atoms with Crippen molar-refractivity contribution in [2.45, 2.75) is 19.9 Å². The van der Waals surface area contributed by atoms with Crippen LogP contribution in [0.1, 0.15) is 30.2 Å². The number of methoxy groups -OCH3 is 1. The molecule has 0 aromatic carbocycles. The Labute approximate surface area is 75.9 Å². The third-order valence-corrected chi connectivity index (χ3v) is 1.65. The van der Waals surface area contributed by atoms with Crippen molar-refractivity contribution in [2.24, 2.45) is 0 Å². The van der Waals surface area contributed by atoms with Gasteiger partial charge in [-0.2, -0.15) is 0 Å². The largest absolute Gasteiger partial charge is 0.479 e. The molecule has 0 atom stereocenters. The van der Waals surface area contributed by atoms with Crippen LogP contribution in [0, 0.1) is 0 Å². The van der Waals surface area contributed by atoms with E-state index in [1.807, 2.05) is 13.8 Å². The van der Waals surface area contributed by atoms with Crippen LogP contribution in [-0.2, 0) is 0 Å². The van der Waals surface area contributed by atoms with Gasteiger partial charge in [0.1, 0.15) is 5.56 Å². The summed E-state index contributed by atoms with van der Waals surface area (Å²) in [5, 5.41) is 12.7. The van der Waals surface area contributed by atoms with E-state index >= 15 is 0 Å². The molecule has 0 unspecified atom stereocenters.